The van der Waals surface area contributed by atoms with Crippen molar-refractivity contribution in [2.24, 2.45) is 0 Å². The molecule has 0 saturated carbocycles. The van der Waals surface area contributed by atoms with E-state index < -0.39 is 0 Å². The summed E-state index contributed by atoms with van der Waals surface area (Å²) in [5.41, 5.74) is 0. The van der Waals surface area contributed by atoms with E-state index in [1.165, 1.54) is 0 Å². The van der Waals surface area contributed by atoms with Gasteiger partial charge in [0.2, 0.25) is 0 Å². The summed E-state index contributed by atoms with van der Waals surface area (Å²) in [6, 6.07) is 9.57. The van der Waals surface area contributed by atoms with Crippen molar-refractivity contribution in [3.05, 3.63) is 42.7 Å². The molecule has 0 aromatic carbocycles. The second kappa shape index (κ2) is 5.77. The summed E-state index contributed by atoms with van der Waals surface area (Å²) in [5.74, 6) is 0.819. The highest BCUT2D eigenvalue weighted by molar-refractivity contribution is 8.76. The Hall–Kier alpha value is -1.20. The summed E-state index contributed by atoms with van der Waals surface area (Å²) in [6.45, 7) is 0. The molecule has 16 heavy (non-hydrogen) atoms. The Labute approximate surface area is 102 Å². The van der Waals surface area contributed by atoms with E-state index in [9.17, 15) is 0 Å². The van der Waals surface area contributed by atoms with E-state index in [4.69, 9.17) is 4.74 Å². The van der Waals surface area contributed by atoms with Gasteiger partial charge in [-0.1, -0.05) is 6.07 Å². The van der Waals surface area contributed by atoms with E-state index in [0.717, 1.165) is 15.8 Å². The van der Waals surface area contributed by atoms with E-state index in [-0.39, 0.29) is 0 Å². The van der Waals surface area contributed by atoms with Gasteiger partial charge in [0.25, 0.3) is 0 Å². The molecule has 0 unspecified atom stereocenters. The third-order valence-corrected chi connectivity index (χ3v) is 3.96. The van der Waals surface area contributed by atoms with Crippen LogP contribution in [0.4, 0.5) is 0 Å². The first-order chi connectivity index (χ1) is 7.88. The summed E-state index contributed by atoms with van der Waals surface area (Å²) in [7, 11) is 4.79. The molecule has 0 fully saturated rings. The normalized spacial score (nSPS) is 10.1. The van der Waals surface area contributed by atoms with Crippen LogP contribution in [0.15, 0.2) is 52.8 Å². The zero-order valence-electron chi connectivity index (χ0n) is 8.66. The van der Waals surface area contributed by atoms with Gasteiger partial charge >= 0.3 is 0 Å². The molecule has 2 rings (SSSR count). The molecular formula is C11H10N2OS2. The van der Waals surface area contributed by atoms with E-state index in [0.29, 0.717) is 0 Å². The van der Waals surface area contributed by atoms with Gasteiger partial charge < -0.3 is 4.74 Å². The van der Waals surface area contributed by atoms with Gasteiger partial charge in [0.1, 0.15) is 15.8 Å². The molecule has 0 atom stereocenters. The lowest BCUT2D eigenvalue weighted by atomic mass is 10.5. The van der Waals surface area contributed by atoms with Crippen LogP contribution in [0.5, 0.6) is 5.75 Å². The molecule has 0 aliphatic rings. The van der Waals surface area contributed by atoms with Crippen molar-refractivity contribution in [3.8, 4) is 5.75 Å². The van der Waals surface area contributed by atoms with Crippen LogP contribution in [0.25, 0.3) is 0 Å². The molecule has 0 spiro atoms. The van der Waals surface area contributed by atoms with Crippen LogP contribution in [0.1, 0.15) is 0 Å². The smallest absolute Gasteiger partial charge is 0.123 e. The van der Waals surface area contributed by atoms with Crippen molar-refractivity contribution in [3.63, 3.8) is 0 Å². The molecule has 0 radical (unpaired) electrons. The summed E-state index contributed by atoms with van der Waals surface area (Å²) in [6.07, 6.45) is 3.52. The fraction of sp³-hybridized carbons (Fsp3) is 0.0909. The Morgan fingerprint density at radius 2 is 1.81 bits per heavy atom. The molecule has 0 amide bonds. The van der Waals surface area contributed by atoms with Gasteiger partial charge in [0.05, 0.1) is 7.11 Å². The van der Waals surface area contributed by atoms with Gasteiger partial charge in [-0.15, -0.1) is 0 Å². The lowest BCUT2D eigenvalue weighted by Crippen LogP contribution is -1.84. The molecule has 3 nitrogen and oxygen atoms in total. The van der Waals surface area contributed by atoms with Crippen LogP contribution in [0.3, 0.4) is 0 Å². The highest BCUT2D eigenvalue weighted by Gasteiger charge is 2.00. The molecule has 2 heterocycles. The number of hydrogen-bond donors (Lipinski definition) is 0. The molecule has 5 heteroatoms. The van der Waals surface area contributed by atoms with Gasteiger partial charge in [-0.2, -0.15) is 0 Å². The molecule has 82 valence electrons. The maximum atomic E-state index is 5.13. The molecule has 0 bridgehead atoms. The minimum atomic E-state index is 0.819. The number of rotatable bonds is 4. The van der Waals surface area contributed by atoms with Crippen LogP contribution in [-0.4, -0.2) is 17.1 Å². The monoisotopic (exact) mass is 250 g/mol. The Bertz CT molecular complexity index is 451. The Balaban J connectivity index is 1.99. The summed E-state index contributed by atoms with van der Waals surface area (Å²) >= 11 is 0. The lowest BCUT2D eigenvalue weighted by molar-refractivity contribution is 0.412. The molecule has 2 aromatic rings. The minimum absolute atomic E-state index is 0.819. The van der Waals surface area contributed by atoms with Crippen LogP contribution >= 0.6 is 21.6 Å². The summed E-state index contributed by atoms with van der Waals surface area (Å²) in [4.78, 5) is 8.46. The number of methoxy groups -OCH3 is 1. The highest BCUT2D eigenvalue weighted by Crippen LogP contribution is 2.35. The van der Waals surface area contributed by atoms with Crippen molar-refractivity contribution in [2.75, 3.05) is 7.11 Å². The van der Waals surface area contributed by atoms with Gasteiger partial charge in [-0.25, -0.2) is 9.97 Å². The van der Waals surface area contributed by atoms with Gasteiger partial charge in [-0.05, 0) is 39.8 Å². The average molecular weight is 250 g/mol. The van der Waals surface area contributed by atoms with Gasteiger partial charge in [-0.3, -0.25) is 0 Å². The first kappa shape index (κ1) is 11.3. The van der Waals surface area contributed by atoms with E-state index in [1.54, 1.807) is 41.1 Å². The number of nitrogens with zero attached hydrogens (tertiary/aromatic N) is 2. The molecule has 0 aliphatic heterocycles. The zero-order valence-corrected chi connectivity index (χ0v) is 10.3. The molecular weight excluding hydrogens is 240 g/mol. The number of aromatic nitrogens is 2. The van der Waals surface area contributed by atoms with Crippen LogP contribution in [0.2, 0.25) is 0 Å². The fourth-order valence-electron chi connectivity index (χ4n) is 1.05. The predicted molar refractivity (Wildman–Crippen MR) is 66.7 cm³/mol. The summed E-state index contributed by atoms with van der Waals surface area (Å²) in [5, 5.41) is 1.88. The second-order valence-electron chi connectivity index (χ2n) is 2.87. The van der Waals surface area contributed by atoms with Gasteiger partial charge in [0, 0.05) is 18.5 Å². The van der Waals surface area contributed by atoms with E-state index in [2.05, 4.69) is 9.97 Å². The predicted octanol–water partition coefficient (Wildman–Crippen LogP) is 3.28. The Morgan fingerprint density at radius 1 is 1.00 bits per heavy atom. The maximum absolute atomic E-state index is 5.13. The topological polar surface area (TPSA) is 35.0 Å². The largest absolute Gasteiger partial charge is 0.497 e. The van der Waals surface area contributed by atoms with Crippen molar-refractivity contribution < 1.29 is 4.74 Å². The fourth-order valence-corrected chi connectivity index (χ4v) is 2.80. The van der Waals surface area contributed by atoms with E-state index in [1.807, 2.05) is 30.3 Å². The van der Waals surface area contributed by atoms with Crippen molar-refractivity contribution in [1.29, 1.82) is 0 Å². The quantitative estimate of drug-likeness (QED) is 0.778. The number of pyridine rings is 2. The lowest BCUT2D eigenvalue weighted by Gasteiger charge is -2.02. The van der Waals surface area contributed by atoms with Crippen LogP contribution < -0.4 is 4.74 Å². The van der Waals surface area contributed by atoms with Crippen LogP contribution in [0, 0.1) is 0 Å². The SMILES string of the molecule is COc1ccnc(SSc2ccccn2)c1. The molecule has 0 saturated heterocycles. The standard InChI is InChI=1S/C11H10N2OS2/c1-14-9-5-7-13-11(8-9)16-15-10-4-2-3-6-12-10/h2-8H,1H3. The second-order valence-corrected chi connectivity index (χ2v) is 5.04. The van der Waals surface area contributed by atoms with Crippen molar-refractivity contribution in [1.82, 2.24) is 9.97 Å². The average Bonchev–Trinajstić information content (AvgIpc) is 2.38. The molecule has 0 N–H and O–H groups in total. The third-order valence-electron chi connectivity index (χ3n) is 1.79. The van der Waals surface area contributed by atoms with E-state index >= 15 is 0 Å². The first-order valence-corrected chi connectivity index (χ1v) is 6.79. The summed E-state index contributed by atoms with van der Waals surface area (Å²) < 4.78 is 5.13. The van der Waals surface area contributed by atoms with Gasteiger partial charge in [0.15, 0.2) is 0 Å². The van der Waals surface area contributed by atoms with Crippen molar-refractivity contribution >= 4 is 21.6 Å². The zero-order chi connectivity index (χ0) is 11.2. The molecule has 2 aromatic heterocycles. The Morgan fingerprint density at radius 3 is 2.56 bits per heavy atom. The van der Waals surface area contributed by atoms with Crippen LogP contribution in [-0.2, 0) is 0 Å². The minimum Gasteiger partial charge on any atom is -0.497 e. The maximum Gasteiger partial charge on any atom is 0.123 e. The number of hydrogen-bond acceptors (Lipinski definition) is 5. The highest BCUT2D eigenvalue weighted by atomic mass is 33.1. The molecule has 0 aliphatic carbocycles. The third kappa shape index (κ3) is 3.15. The number of ether oxygens (including phenoxy) is 1. The first-order valence-electron chi connectivity index (χ1n) is 4.64. The van der Waals surface area contributed by atoms with Crippen molar-refractivity contribution in [2.45, 2.75) is 10.1 Å². The Kier molecular flexibility index (Phi) is 4.07.